The number of alkyl halides is 1. The first-order valence-corrected chi connectivity index (χ1v) is 7.76. The summed E-state index contributed by atoms with van der Waals surface area (Å²) in [6, 6.07) is 0. The van der Waals surface area contributed by atoms with Crippen molar-refractivity contribution in [1.82, 2.24) is 9.21 Å². The van der Waals surface area contributed by atoms with E-state index in [-0.39, 0.29) is 11.6 Å². The quantitative estimate of drug-likeness (QED) is 0.548. The molecule has 0 aliphatic carbocycles. The number of hydrogen-bond donors (Lipinski definition) is 0. The minimum atomic E-state index is -3.24. The Bertz CT molecular complexity index is 283. The van der Waals surface area contributed by atoms with Gasteiger partial charge in [-0.15, -0.1) is 11.6 Å². The molecule has 0 rings (SSSR count). The number of rotatable bonds is 10. The zero-order valence-electron chi connectivity index (χ0n) is 10.9. The molecule has 7 heteroatoms. The van der Waals surface area contributed by atoms with E-state index < -0.39 is 10.0 Å². The molecule has 0 spiro atoms. The molecule has 0 aromatic rings. The highest BCUT2D eigenvalue weighted by Crippen LogP contribution is 2.04. The van der Waals surface area contributed by atoms with Crippen LogP contribution < -0.4 is 0 Å². The van der Waals surface area contributed by atoms with Gasteiger partial charge < -0.3 is 9.64 Å². The summed E-state index contributed by atoms with van der Waals surface area (Å²) in [5.41, 5.74) is 0. The van der Waals surface area contributed by atoms with Crippen LogP contribution in [0.4, 0.5) is 0 Å². The maximum absolute atomic E-state index is 11.9. The van der Waals surface area contributed by atoms with Gasteiger partial charge in [0.05, 0.1) is 12.4 Å². The number of methoxy groups -OCH3 is 1. The molecule has 0 atom stereocenters. The van der Waals surface area contributed by atoms with Crippen LogP contribution >= 0.6 is 11.6 Å². The molecule has 104 valence electrons. The van der Waals surface area contributed by atoms with Crippen molar-refractivity contribution in [2.75, 3.05) is 59.1 Å². The molecule has 0 saturated heterocycles. The van der Waals surface area contributed by atoms with E-state index in [1.54, 1.807) is 7.11 Å². The standard InChI is InChI=1S/C10H23ClN2O3S/c1-12(2)6-4-7-13(8-9-16-3)17(14,15)10-5-11/h4-10H2,1-3H3. The molecule has 0 fully saturated rings. The second kappa shape index (κ2) is 9.10. The molecular weight excluding hydrogens is 264 g/mol. The Labute approximate surface area is 110 Å². The minimum absolute atomic E-state index is 0.0137. The summed E-state index contributed by atoms with van der Waals surface area (Å²) in [6.45, 7) is 2.17. The summed E-state index contributed by atoms with van der Waals surface area (Å²) >= 11 is 5.50. The van der Waals surface area contributed by atoms with Gasteiger partial charge in [0.2, 0.25) is 10.0 Å². The average molecular weight is 287 g/mol. The maximum atomic E-state index is 11.9. The van der Waals surface area contributed by atoms with Crippen molar-refractivity contribution in [3.8, 4) is 0 Å². The first-order valence-electron chi connectivity index (χ1n) is 5.61. The fourth-order valence-corrected chi connectivity index (χ4v) is 3.17. The number of ether oxygens (including phenoxy) is 1. The third-order valence-corrected chi connectivity index (χ3v) is 4.57. The summed E-state index contributed by atoms with van der Waals surface area (Å²) in [5.74, 6) is 0.111. The van der Waals surface area contributed by atoms with Gasteiger partial charge in [0.1, 0.15) is 0 Å². The van der Waals surface area contributed by atoms with E-state index in [1.165, 1.54) is 4.31 Å². The highest BCUT2D eigenvalue weighted by atomic mass is 35.5. The Hall–Kier alpha value is 0.120. The summed E-state index contributed by atoms with van der Waals surface area (Å²) in [7, 11) is 2.25. The van der Waals surface area contributed by atoms with Crippen LogP contribution in [-0.4, -0.2) is 76.7 Å². The number of halogens is 1. The van der Waals surface area contributed by atoms with Gasteiger partial charge in [-0.05, 0) is 27.1 Å². The number of nitrogens with zero attached hydrogens (tertiary/aromatic N) is 2. The lowest BCUT2D eigenvalue weighted by Crippen LogP contribution is -2.37. The maximum Gasteiger partial charge on any atom is 0.215 e. The molecule has 5 nitrogen and oxygen atoms in total. The van der Waals surface area contributed by atoms with Crippen LogP contribution in [0, 0.1) is 0 Å². The van der Waals surface area contributed by atoms with E-state index >= 15 is 0 Å². The lowest BCUT2D eigenvalue weighted by Gasteiger charge is -2.22. The van der Waals surface area contributed by atoms with E-state index in [1.807, 2.05) is 19.0 Å². The third-order valence-electron chi connectivity index (χ3n) is 2.29. The summed E-state index contributed by atoms with van der Waals surface area (Å²) in [5, 5.41) is 0. The second-order valence-corrected chi connectivity index (χ2v) is 6.52. The number of sulfonamides is 1. The Morgan fingerprint density at radius 1 is 1.18 bits per heavy atom. The van der Waals surface area contributed by atoms with Crippen LogP contribution in [0.3, 0.4) is 0 Å². The molecule has 0 amide bonds. The van der Waals surface area contributed by atoms with Crippen LogP contribution in [0.15, 0.2) is 0 Å². The van der Waals surface area contributed by atoms with Crippen molar-refractivity contribution >= 4 is 21.6 Å². The van der Waals surface area contributed by atoms with Gasteiger partial charge >= 0.3 is 0 Å². The van der Waals surface area contributed by atoms with Crippen LogP contribution in [0.25, 0.3) is 0 Å². The second-order valence-electron chi connectivity index (χ2n) is 4.05. The summed E-state index contributed by atoms with van der Waals surface area (Å²) < 4.78 is 30.2. The van der Waals surface area contributed by atoms with Crippen LogP contribution in [0.1, 0.15) is 6.42 Å². The summed E-state index contributed by atoms with van der Waals surface area (Å²) in [4.78, 5) is 2.03. The van der Waals surface area contributed by atoms with Crippen LogP contribution in [-0.2, 0) is 14.8 Å². The Morgan fingerprint density at radius 2 is 1.82 bits per heavy atom. The van der Waals surface area contributed by atoms with Gasteiger partial charge in [0, 0.05) is 26.1 Å². The molecule has 0 N–H and O–H groups in total. The van der Waals surface area contributed by atoms with Crippen molar-refractivity contribution < 1.29 is 13.2 Å². The van der Waals surface area contributed by atoms with Gasteiger partial charge in [-0.2, -0.15) is 4.31 Å². The van der Waals surface area contributed by atoms with Gasteiger partial charge in [-0.3, -0.25) is 0 Å². The third kappa shape index (κ3) is 7.94. The molecule has 0 heterocycles. The Balaban J connectivity index is 4.32. The molecule has 0 saturated carbocycles. The molecule has 0 radical (unpaired) electrons. The van der Waals surface area contributed by atoms with Gasteiger partial charge in [0.15, 0.2) is 0 Å². The molecular formula is C10H23ClN2O3S. The predicted molar refractivity (Wildman–Crippen MR) is 71.1 cm³/mol. The average Bonchev–Trinajstić information content (AvgIpc) is 2.22. The normalized spacial score (nSPS) is 12.6. The van der Waals surface area contributed by atoms with Crippen molar-refractivity contribution in [1.29, 1.82) is 0 Å². The topological polar surface area (TPSA) is 49.9 Å². The van der Waals surface area contributed by atoms with Crippen LogP contribution in [0.5, 0.6) is 0 Å². The highest BCUT2D eigenvalue weighted by molar-refractivity contribution is 7.89. The van der Waals surface area contributed by atoms with Crippen molar-refractivity contribution in [3.63, 3.8) is 0 Å². The lowest BCUT2D eigenvalue weighted by atomic mass is 10.4. The van der Waals surface area contributed by atoms with Gasteiger partial charge in [0.25, 0.3) is 0 Å². The van der Waals surface area contributed by atoms with Crippen molar-refractivity contribution in [2.24, 2.45) is 0 Å². The van der Waals surface area contributed by atoms with Crippen LogP contribution in [0.2, 0.25) is 0 Å². The monoisotopic (exact) mass is 286 g/mol. The SMILES string of the molecule is COCCN(CCCN(C)C)S(=O)(=O)CCCl. The van der Waals surface area contributed by atoms with Crippen molar-refractivity contribution in [3.05, 3.63) is 0 Å². The Morgan fingerprint density at radius 3 is 2.29 bits per heavy atom. The highest BCUT2D eigenvalue weighted by Gasteiger charge is 2.20. The van der Waals surface area contributed by atoms with E-state index in [4.69, 9.17) is 16.3 Å². The lowest BCUT2D eigenvalue weighted by molar-refractivity contribution is 0.177. The molecule has 0 aromatic carbocycles. The summed E-state index contributed by atoms with van der Waals surface area (Å²) in [6.07, 6.45) is 0.804. The first kappa shape index (κ1) is 17.1. The fraction of sp³-hybridized carbons (Fsp3) is 1.00. The zero-order valence-corrected chi connectivity index (χ0v) is 12.4. The minimum Gasteiger partial charge on any atom is -0.383 e. The Kier molecular flexibility index (Phi) is 9.17. The number of hydrogen-bond acceptors (Lipinski definition) is 4. The molecule has 0 aromatic heterocycles. The zero-order chi connectivity index (χ0) is 13.3. The smallest absolute Gasteiger partial charge is 0.215 e. The van der Waals surface area contributed by atoms with E-state index in [0.29, 0.717) is 19.7 Å². The predicted octanol–water partition coefficient (Wildman–Crippen LogP) is 0.455. The van der Waals surface area contributed by atoms with Crippen molar-refractivity contribution in [2.45, 2.75) is 6.42 Å². The molecule has 0 aliphatic heterocycles. The van der Waals surface area contributed by atoms with E-state index in [0.717, 1.165) is 13.0 Å². The largest absolute Gasteiger partial charge is 0.383 e. The molecule has 0 unspecified atom stereocenters. The fourth-order valence-electron chi connectivity index (χ4n) is 1.37. The van der Waals surface area contributed by atoms with E-state index in [9.17, 15) is 8.42 Å². The van der Waals surface area contributed by atoms with E-state index in [2.05, 4.69) is 0 Å². The first-order chi connectivity index (χ1) is 7.94. The van der Waals surface area contributed by atoms with Gasteiger partial charge in [-0.1, -0.05) is 0 Å². The molecule has 17 heavy (non-hydrogen) atoms. The van der Waals surface area contributed by atoms with Gasteiger partial charge in [-0.25, -0.2) is 8.42 Å². The molecule has 0 aliphatic rings. The molecule has 0 bridgehead atoms.